The first kappa shape index (κ1) is 12.4. The highest BCUT2D eigenvalue weighted by atomic mass is 16.6. The van der Waals surface area contributed by atoms with Gasteiger partial charge in [0.15, 0.2) is 0 Å². The Morgan fingerprint density at radius 1 is 1.42 bits per heavy atom. The van der Waals surface area contributed by atoms with Gasteiger partial charge >= 0.3 is 0 Å². The number of nitro groups is 1. The van der Waals surface area contributed by atoms with Crippen molar-refractivity contribution in [2.75, 3.05) is 18.0 Å². The molecule has 1 aliphatic carbocycles. The van der Waals surface area contributed by atoms with E-state index >= 15 is 0 Å². The Morgan fingerprint density at radius 3 is 2.58 bits per heavy atom. The van der Waals surface area contributed by atoms with E-state index in [-0.39, 0.29) is 17.2 Å². The molecule has 2 unspecified atom stereocenters. The molecule has 1 heterocycles. The van der Waals surface area contributed by atoms with Gasteiger partial charge in [-0.25, -0.2) is 0 Å². The SMILES string of the molecule is CC1(C)C2CN(c3cc(CO)ccc3[N+](=O)[O-])CC21. The Hall–Kier alpha value is -1.62. The van der Waals surface area contributed by atoms with Gasteiger partial charge in [-0.05, 0) is 34.9 Å². The lowest BCUT2D eigenvalue weighted by molar-refractivity contribution is -0.384. The second-order valence-electron chi connectivity index (χ2n) is 6.18. The maximum Gasteiger partial charge on any atom is 0.292 e. The monoisotopic (exact) mass is 262 g/mol. The van der Waals surface area contributed by atoms with Crippen molar-refractivity contribution in [3.63, 3.8) is 0 Å². The molecule has 1 N–H and O–H groups in total. The second-order valence-corrected chi connectivity index (χ2v) is 6.18. The first-order valence-corrected chi connectivity index (χ1v) is 6.58. The van der Waals surface area contributed by atoms with Gasteiger partial charge in [0.05, 0.1) is 11.5 Å². The van der Waals surface area contributed by atoms with Gasteiger partial charge in [0.2, 0.25) is 0 Å². The van der Waals surface area contributed by atoms with Crippen LogP contribution in [-0.4, -0.2) is 23.1 Å². The number of rotatable bonds is 3. The van der Waals surface area contributed by atoms with Crippen LogP contribution in [0.1, 0.15) is 19.4 Å². The molecule has 19 heavy (non-hydrogen) atoms. The zero-order valence-corrected chi connectivity index (χ0v) is 11.2. The molecule has 2 fully saturated rings. The first-order valence-electron chi connectivity index (χ1n) is 6.58. The molecule has 0 radical (unpaired) electrons. The van der Waals surface area contributed by atoms with E-state index in [0.29, 0.717) is 22.9 Å². The lowest BCUT2D eigenvalue weighted by atomic mass is 10.1. The fourth-order valence-corrected chi connectivity index (χ4v) is 3.40. The summed E-state index contributed by atoms with van der Waals surface area (Å²) in [6.07, 6.45) is 0. The first-order chi connectivity index (χ1) is 8.95. The van der Waals surface area contributed by atoms with E-state index in [2.05, 4.69) is 18.7 Å². The van der Waals surface area contributed by atoms with Crippen molar-refractivity contribution in [1.82, 2.24) is 0 Å². The van der Waals surface area contributed by atoms with Crippen LogP contribution in [0.25, 0.3) is 0 Å². The number of aliphatic hydroxyl groups is 1. The molecule has 0 aromatic heterocycles. The van der Waals surface area contributed by atoms with Gasteiger partial charge in [0, 0.05) is 19.2 Å². The lowest BCUT2D eigenvalue weighted by Gasteiger charge is -2.24. The largest absolute Gasteiger partial charge is 0.392 e. The van der Waals surface area contributed by atoms with E-state index in [1.807, 2.05) is 0 Å². The number of benzene rings is 1. The van der Waals surface area contributed by atoms with Gasteiger partial charge in [0.25, 0.3) is 5.69 Å². The van der Waals surface area contributed by atoms with Crippen molar-refractivity contribution >= 4 is 11.4 Å². The van der Waals surface area contributed by atoms with Gasteiger partial charge in [-0.1, -0.05) is 13.8 Å². The smallest absolute Gasteiger partial charge is 0.292 e. The molecule has 1 saturated carbocycles. The zero-order chi connectivity index (χ0) is 13.8. The Morgan fingerprint density at radius 2 is 2.05 bits per heavy atom. The average molecular weight is 262 g/mol. The molecule has 5 heteroatoms. The Balaban J connectivity index is 1.90. The Labute approximate surface area is 112 Å². The molecule has 0 spiro atoms. The molecule has 2 atom stereocenters. The maximum absolute atomic E-state index is 11.1. The van der Waals surface area contributed by atoms with Gasteiger partial charge < -0.3 is 10.0 Å². The molecule has 0 amide bonds. The summed E-state index contributed by atoms with van der Waals surface area (Å²) >= 11 is 0. The summed E-state index contributed by atoms with van der Waals surface area (Å²) in [5.41, 5.74) is 1.90. The maximum atomic E-state index is 11.1. The van der Waals surface area contributed by atoms with Crippen LogP contribution in [0.2, 0.25) is 0 Å². The highest BCUT2D eigenvalue weighted by molar-refractivity contribution is 5.65. The molecule has 5 nitrogen and oxygen atoms in total. The molecule has 1 aromatic rings. The van der Waals surface area contributed by atoms with Crippen molar-refractivity contribution in [1.29, 1.82) is 0 Å². The van der Waals surface area contributed by atoms with E-state index in [4.69, 9.17) is 0 Å². The Kier molecular flexibility index (Phi) is 2.57. The summed E-state index contributed by atoms with van der Waals surface area (Å²) in [7, 11) is 0. The number of piperidine rings is 1. The van der Waals surface area contributed by atoms with Crippen LogP contribution in [-0.2, 0) is 6.61 Å². The van der Waals surface area contributed by atoms with E-state index in [1.165, 1.54) is 6.07 Å². The number of nitro benzene ring substituents is 1. The van der Waals surface area contributed by atoms with E-state index < -0.39 is 0 Å². The van der Waals surface area contributed by atoms with Crippen LogP contribution < -0.4 is 4.90 Å². The molecule has 2 aliphatic rings. The summed E-state index contributed by atoms with van der Waals surface area (Å²) < 4.78 is 0. The molecule has 102 valence electrons. The fourth-order valence-electron chi connectivity index (χ4n) is 3.40. The highest BCUT2D eigenvalue weighted by Crippen LogP contribution is 2.62. The second kappa shape index (κ2) is 3.93. The number of anilines is 1. The van der Waals surface area contributed by atoms with Crippen molar-refractivity contribution in [3.8, 4) is 0 Å². The van der Waals surface area contributed by atoms with Gasteiger partial charge in [-0.2, -0.15) is 0 Å². The quantitative estimate of drug-likeness (QED) is 0.669. The third-order valence-electron chi connectivity index (χ3n) is 4.88. The predicted octanol–water partition coefficient (Wildman–Crippen LogP) is 2.18. The number of hydrogen-bond donors (Lipinski definition) is 1. The van der Waals surface area contributed by atoms with Crippen LogP contribution in [0.5, 0.6) is 0 Å². The summed E-state index contributed by atoms with van der Waals surface area (Å²) in [5, 5.41) is 20.3. The minimum atomic E-state index is -0.342. The number of aliphatic hydroxyl groups excluding tert-OH is 1. The van der Waals surface area contributed by atoms with E-state index in [9.17, 15) is 15.2 Å². The summed E-state index contributed by atoms with van der Waals surface area (Å²) in [6.45, 7) is 6.20. The topological polar surface area (TPSA) is 66.6 Å². The molecule has 3 rings (SSSR count). The zero-order valence-electron chi connectivity index (χ0n) is 11.2. The van der Waals surface area contributed by atoms with Crippen molar-refractivity contribution in [2.24, 2.45) is 17.3 Å². The average Bonchev–Trinajstić information content (AvgIpc) is 2.79. The minimum Gasteiger partial charge on any atom is -0.392 e. The van der Waals surface area contributed by atoms with Crippen molar-refractivity contribution < 1.29 is 10.0 Å². The lowest BCUT2D eigenvalue weighted by Crippen LogP contribution is -2.26. The number of hydrogen-bond acceptors (Lipinski definition) is 4. The third kappa shape index (κ3) is 1.80. The number of nitrogens with zero attached hydrogens (tertiary/aromatic N) is 2. The number of fused-ring (bicyclic) bond motifs is 1. The molecular formula is C14H18N2O3. The van der Waals surface area contributed by atoms with Crippen molar-refractivity contribution in [3.05, 3.63) is 33.9 Å². The summed E-state index contributed by atoms with van der Waals surface area (Å²) in [6, 6.07) is 4.86. The van der Waals surface area contributed by atoms with Gasteiger partial charge in [-0.15, -0.1) is 0 Å². The summed E-state index contributed by atoms with van der Waals surface area (Å²) in [4.78, 5) is 12.9. The van der Waals surface area contributed by atoms with Crippen LogP contribution in [0.4, 0.5) is 11.4 Å². The van der Waals surface area contributed by atoms with Crippen LogP contribution in [0, 0.1) is 27.4 Å². The molecule has 1 aromatic carbocycles. The standard InChI is InChI=1S/C14H18N2O3/c1-14(2)10-6-15(7-11(10)14)13-5-9(8-17)3-4-12(13)16(18)19/h3-5,10-11,17H,6-8H2,1-2H3. The molecule has 1 aliphatic heterocycles. The Bertz CT molecular complexity index is 527. The van der Waals surface area contributed by atoms with Crippen LogP contribution in [0.15, 0.2) is 18.2 Å². The van der Waals surface area contributed by atoms with Gasteiger partial charge in [-0.3, -0.25) is 10.1 Å². The molecular weight excluding hydrogens is 244 g/mol. The fraction of sp³-hybridized carbons (Fsp3) is 0.571. The van der Waals surface area contributed by atoms with Crippen LogP contribution in [0.3, 0.4) is 0 Å². The highest BCUT2D eigenvalue weighted by Gasteiger charge is 2.62. The molecule has 0 bridgehead atoms. The van der Waals surface area contributed by atoms with Crippen molar-refractivity contribution in [2.45, 2.75) is 20.5 Å². The molecule has 1 saturated heterocycles. The van der Waals surface area contributed by atoms with E-state index in [0.717, 1.165) is 18.7 Å². The van der Waals surface area contributed by atoms with Gasteiger partial charge in [0.1, 0.15) is 5.69 Å². The summed E-state index contributed by atoms with van der Waals surface area (Å²) in [5.74, 6) is 1.29. The van der Waals surface area contributed by atoms with Crippen LogP contribution >= 0.6 is 0 Å². The van der Waals surface area contributed by atoms with E-state index in [1.54, 1.807) is 12.1 Å². The third-order valence-corrected chi connectivity index (χ3v) is 4.88. The normalized spacial score (nSPS) is 27.2. The predicted molar refractivity (Wildman–Crippen MR) is 72.0 cm³/mol. The minimum absolute atomic E-state index is 0.0861.